The smallest absolute Gasteiger partial charge is 0.230 e. The van der Waals surface area contributed by atoms with Gasteiger partial charge in [-0.15, -0.1) is 11.8 Å². The Bertz CT molecular complexity index is 382. The molecule has 0 saturated heterocycles. The van der Waals surface area contributed by atoms with Gasteiger partial charge >= 0.3 is 0 Å². The molecule has 0 aliphatic rings. The van der Waals surface area contributed by atoms with Crippen LogP contribution >= 0.6 is 11.8 Å². The summed E-state index contributed by atoms with van der Waals surface area (Å²) in [4.78, 5) is 12.7. The van der Waals surface area contributed by atoms with Crippen LogP contribution in [-0.4, -0.2) is 25.3 Å². The van der Waals surface area contributed by atoms with E-state index in [2.05, 4.69) is 12.2 Å². The quantitative estimate of drug-likeness (QED) is 0.556. The lowest BCUT2D eigenvalue weighted by Gasteiger charge is -2.06. The number of amides is 1. The molecule has 0 heterocycles. The topological polar surface area (TPSA) is 38.3 Å². The van der Waals surface area contributed by atoms with E-state index in [0.717, 1.165) is 23.6 Å². The van der Waals surface area contributed by atoms with Crippen molar-refractivity contribution in [3.05, 3.63) is 24.3 Å². The maximum Gasteiger partial charge on any atom is 0.230 e. The van der Waals surface area contributed by atoms with Crippen molar-refractivity contribution in [1.29, 1.82) is 0 Å². The molecule has 1 N–H and O–H groups in total. The lowest BCUT2D eigenvalue weighted by molar-refractivity contribution is -0.118. The van der Waals surface area contributed by atoms with Crippen molar-refractivity contribution in [2.45, 2.75) is 37.5 Å². The van der Waals surface area contributed by atoms with Crippen LogP contribution in [-0.2, 0) is 4.79 Å². The molecule has 0 bridgehead atoms. The monoisotopic (exact) mass is 281 g/mol. The summed E-state index contributed by atoms with van der Waals surface area (Å²) in [7, 11) is 1.65. The third kappa shape index (κ3) is 7.11. The molecule has 0 atom stereocenters. The van der Waals surface area contributed by atoms with Gasteiger partial charge in [0.15, 0.2) is 0 Å². The molecule has 0 aliphatic heterocycles. The standard InChI is InChI=1S/C15H23NO2S/c1-3-4-5-6-10-16-15(17)12-19-14-9-7-8-13(11-14)18-2/h7-9,11H,3-6,10,12H2,1-2H3,(H,16,17). The third-order valence-electron chi connectivity index (χ3n) is 2.76. The highest BCUT2D eigenvalue weighted by molar-refractivity contribution is 8.00. The first-order valence-electron chi connectivity index (χ1n) is 6.79. The molecule has 0 fully saturated rings. The molecule has 1 amide bonds. The molecule has 0 radical (unpaired) electrons. The van der Waals surface area contributed by atoms with Gasteiger partial charge in [0.2, 0.25) is 5.91 Å². The number of methoxy groups -OCH3 is 1. The van der Waals surface area contributed by atoms with Crippen molar-refractivity contribution in [2.24, 2.45) is 0 Å². The zero-order valence-electron chi connectivity index (χ0n) is 11.8. The third-order valence-corrected chi connectivity index (χ3v) is 3.76. The molecule has 0 aromatic heterocycles. The van der Waals surface area contributed by atoms with Crippen LogP contribution in [0.15, 0.2) is 29.2 Å². The maximum absolute atomic E-state index is 11.6. The highest BCUT2D eigenvalue weighted by Crippen LogP contribution is 2.22. The fraction of sp³-hybridized carbons (Fsp3) is 0.533. The summed E-state index contributed by atoms with van der Waals surface area (Å²) in [6, 6.07) is 7.77. The van der Waals surface area contributed by atoms with Gasteiger partial charge in [-0.05, 0) is 24.6 Å². The zero-order valence-corrected chi connectivity index (χ0v) is 12.6. The van der Waals surface area contributed by atoms with E-state index in [-0.39, 0.29) is 5.91 Å². The normalized spacial score (nSPS) is 10.2. The van der Waals surface area contributed by atoms with Crippen molar-refractivity contribution >= 4 is 17.7 Å². The molecule has 1 aromatic rings. The molecule has 0 unspecified atom stereocenters. The summed E-state index contributed by atoms with van der Waals surface area (Å²) in [5, 5.41) is 2.95. The Hall–Kier alpha value is -1.16. The van der Waals surface area contributed by atoms with Crippen molar-refractivity contribution in [2.75, 3.05) is 19.4 Å². The summed E-state index contributed by atoms with van der Waals surface area (Å²) in [6.45, 7) is 2.97. The molecule has 4 heteroatoms. The van der Waals surface area contributed by atoms with E-state index in [4.69, 9.17) is 4.74 Å². The first-order chi connectivity index (χ1) is 9.26. The first kappa shape index (κ1) is 15.9. The van der Waals surface area contributed by atoms with Crippen molar-refractivity contribution < 1.29 is 9.53 Å². The fourth-order valence-electron chi connectivity index (χ4n) is 1.67. The van der Waals surface area contributed by atoms with Crippen molar-refractivity contribution in [1.82, 2.24) is 5.32 Å². The van der Waals surface area contributed by atoms with Gasteiger partial charge in [0.25, 0.3) is 0 Å². The van der Waals surface area contributed by atoms with Crippen LogP contribution in [0.3, 0.4) is 0 Å². The Kier molecular flexibility index (Phi) is 8.14. The lowest BCUT2D eigenvalue weighted by atomic mass is 10.2. The van der Waals surface area contributed by atoms with Crippen LogP contribution in [0.25, 0.3) is 0 Å². The first-order valence-corrected chi connectivity index (χ1v) is 7.78. The van der Waals surface area contributed by atoms with Crippen LogP contribution < -0.4 is 10.1 Å². The summed E-state index contributed by atoms with van der Waals surface area (Å²) >= 11 is 1.53. The second kappa shape index (κ2) is 9.73. The molecule has 0 saturated carbocycles. The Morgan fingerprint density at radius 2 is 2.16 bits per heavy atom. The number of carbonyl (C=O) groups is 1. The van der Waals surface area contributed by atoms with Crippen LogP contribution in [0.5, 0.6) is 5.75 Å². The summed E-state index contributed by atoms with van der Waals surface area (Å²) in [5.41, 5.74) is 0. The minimum absolute atomic E-state index is 0.101. The van der Waals surface area contributed by atoms with Crippen LogP contribution in [0.1, 0.15) is 32.6 Å². The summed E-state index contributed by atoms with van der Waals surface area (Å²) in [6.07, 6.45) is 4.73. The molecule has 1 aromatic carbocycles. The largest absolute Gasteiger partial charge is 0.497 e. The predicted molar refractivity (Wildman–Crippen MR) is 80.9 cm³/mol. The Morgan fingerprint density at radius 3 is 2.89 bits per heavy atom. The second-order valence-corrected chi connectivity index (χ2v) is 5.43. The number of nitrogens with one attached hydrogen (secondary N) is 1. The van der Waals surface area contributed by atoms with Gasteiger partial charge in [-0.3, -0.25) is 4.79 Å². The van der Waals surface area contributed by atoms with E-state index in [1.807, 2.05) is 24.3 Å². The average molecular weight is 281 g/mol. The Labute approximate surface area is 120 Å². The van der Waals surface area contributed by atoms with E-state index >= 15 is 0 Å². The van der Waals surface area contributed by atoms with Gasteiger partial charge in [-0.1, -0.05) is 32.3 Å². The highest BCUT2D eigenvalue weighted by atomic mass is 32.2. The highest BCUT2D eigenvalue weighted by Gasteiger charge is 2.03. The molecule has 1 rings (SSSR count). The van der Waals surface area contributed by atoms with Crippen molar-refractivity contribution in [3.8, 4) is 5.75 Å². The number of thioether (sulfide) groups is 1. The Morgan fingerprint density at radius 1 is 1.32 bits per heavy atom. The van der Waals surface area contributed by atoms with Gasteiger partial charge in [-0.25, -0.2) is 0 Å². The minimum atomic E-state index is 0.101. The molecule has 0 aliphatic carbocycles. The number of carbonyl (C=O) groups excluding carboxylic acids is 1. The molecule has 19 heavy (non-hydrogen) atoms. The van der Waals surface area contributed by atoms with Crippen LogP contribution in [0.2, 0.25) is 0 Å². The van der Waals surface area contributed by atoms with Gasteiger partial charge in [0.05, 0.1) is 12.9 Å². The number of unbranched alkanes of at least 4 members (excludes halogenated alkanes) is 3. The number of hydrogen-bond acceptors (Lipinski definition) is 3. The average Bonchev–Trinajstić information content (AvgIpc) is 2.45. The number of benzene rings is 1. The molecule has 3 nitrogen and oxygen atoms in total. The molecular formula is C15H23NO2S. The Balaban J connectivity index is 2.18. The zero-order chi connectivity index (χ0) is 13.9. The van der Waals surface area contributed by atoms with Crippen LogP contribution in [0, 0.1) is 0 Å². The van der Waals surface area contributed by atoms with Crippen LogP contribution in [0.4, 0.5) is 0 Å². The van der Waals surface area contributed by atoms with E-state index in [0.29, 0.717) is 5.75 Å². The van der Waals surface area contributed by atoms with Gasteiger partial charge < -0.3 is 10.1 Å². The predicted octanol–water partition coefficient (Wildman–Crippen LogP) is 3.48. The molecule has 106 valence electrons. The van der Waals surface area contributed by atoms with Crippen molar-refractivity contribution in [3.63, 3.8) is 0 Å². The summed E-state index contributed by atoms with van der Waals surface area (Å²) < 4.78 is 5.15. The van der Waals surface area contributed by atoms with E-state index in [1.54, 1.807) is 7.11 Å². The number of rotatable bonds is 9. The maximum atomic E-state index is 11.6. The summed E-state index contributed by atoms with van der Waals surface area (Å²) in [5.74, 6) is 1.38. The van der Waals surface area contributed by atoms with E-state index in [1.165, 1.54) is 31.0 Å². The van der Waals surface area contributed by atoms with E-state index in [9.17, 15) is 4.79 Å². The van der Waals surface area contributed by atoms with Gasteiger partial charge in [0.1, 0.15) is 5.75 Å². The van der Waals surface area contributed by atoms with Gasteiger partial charge in [-0.2, -0.15) is 0 Å². The van der Waals surface area contributed by atoms with E-state index < -0.39 is 0 Å². The SMILES string of the molecule is CCCCCCNC(=O)CSc1cccc(OC)c1. The number of hydrogen-bond donors (Lipinski definition) is 1. The number of ether oxygens (including phenoxy) is 1. The van der Waals surface area contributed by atoms with Gasteiger partial charge in [0, 0.05) is 11.4 Å². The minimum Gasteiger partial charge on any atom is -0.497 e. The molecule has 0 spiro atoms. The lowest BCUT2D eigenvalue weighted by Crippen LogP contribution is -2.26. The molecular weight excluding hydrogens is 258 g/mol. The fourth-order valence-corrected chi connectivity index (χ4v) is 2.44. The second-order valence-electron chi connectivity index (χ2n) is 4.38.